The summed E-state index contributed by atoms with van der Waals surface area (Å²) in [5, 5.41) is 3.10. The van der Waals surface area contributed by atoms with Crippen molar-refractivity contribution in [2.75, 3.05) is 32.7 Å². The van der Waals surface area contributed by atoms with Gasteiger partial charge in [0.1, 0.15) is 0 Å². The minimum atomic E-state index is 0.110. The van der Waals surface area contributed by atoms with Gasteiger partial charge < -0.3 is 10.2 Å². The lowest BCUT2D eigenvalue weighted by atomic mass is 10.1. The molecule has 5 nitrogen and oxygen atoms in total. The van der Waals surface area contributed by atoms with E-state index in [1.165, 1.54) is 12.8 Å². The number of rotatable bonds is 6. The van der Waals surface area contributed by atoms with E-state index in [1.54, 1.807) is 0 Å². The van der Waals surface area contributed by atoms with Gasteiger partial charge in [-0.25, -0.2) is 0 Å². The van der Waals surface area contributed by atoms with Gasteiger partial charge in [0, 0.05) is 32.2 Å². The quantitative estimate of drug-likeness (QED) is 0.854. The van der Waals surface area contributed by atoms with Gasteiger partial charge in [0.05, 0.1) is 13.0 Å². The molecule has 2 amide bonds. The zero-order valence-electron chi connectivity index (χ0n) is 15.3. The van der Waals surface area contributed by atoms with Gasteiger partial charge >= 0.3 is 0 Å². The second-order valence-electron chi connectivity index (χ2n) is 7.45. The van der Waals surface area contributed by atoms with Crippen molar-refractivity contribution in [2.24, 2.45) is 5.92 Å². The van der Waals surface area contributed by atoms with Crippen LogP contribution in [0.2, 0.25) is 0 Å². The largest absolute Gasteiger partial charge is 0.352 e. The predicted molar refractivity (Wildman–Crippen MR) is 98.2 cm³/mol. The molecule has 0 spiro atoms. The number of carbonyl (C=O) groups is 2. The number of hydrogen-bond acceptors (Lipinski definition) is 3. The van der Waals surface area contributed by atoms with Gasteiger partial charge in [0.2, 0.25) is 11.8 Å². The van der Waals surface area contributed by atoms with E-state index in [4.69, 9.17) is 0 Å². The molecule has 0 aromatic heterocycles. The number of piperazine rings is 1. The molecule has 1 N–H and O–H groups in total. The lowest BCUT2D eigenvalue weighted by Crippen LogP contribution is -2.52. The van der Waals surface area contributed by atoms with Crippen molar-refractivity contribution in [3.63, 3.8) is 0 Å². The second kappa shape index (κ2) is 8.00. The Morgan fingerprint density at radius 1 is 1.16 bits per heavy atom. The zero-order chi connectivity index (χ0) is 17.8. The maximum atomic E-state index is 12.5. The van der Waals surface area contributed by atoms with Gasteiger partial charge in [-0.2, -0.15) is 0 Å². The summed E-state index contributed by atoms with van der Waals surface area (Å²) in [5.74, 6) is 0.972. The second-order valence-corrected chi connectivity index (χ2v) is 7.45. The Kier molecular flexibility index (Phi) is 5.74. The zero-order valence-corrected chi connectivity index (χ0v) is 15.3. The molecule has 1 aliphatic heterocycles. The Morgan fingerprint density at radius 2 is 1.84 bits per heavy atom. The molecule has 1 aromatic rings. The van der Waals surface area contributed by atoms with Crippen LogP contribution in [0.5, 0.6) is 0 Å². The lowest BCUT2D eigenvalue weighted by Gasteiger charge is -2.34. The number of benzene rings is 1. The molecule has 5 heteroatoms. The van der Waals surface area contributed by atoms with E-state index >= 15 is 0 Å². The van der Waals surface area contributed by atoms with Crippen molar-refractivity contribution in [3.8, 4) is 0 Å². The molecule has 136 valence electrons. The first-order chi connectivity index (χ1) is 12.0. The van der Waals surface area contributed by atoms with Crippen LogP contribution in [-0.2, 0) is 16.0 Å². The standard InChI is InChI=1S/C20H29N3O2/c1-15-5-3-4-6-18(15)13-20(25)23-11-9-22(10-12-23)14-19(24)21-16(2)17-7-8-17/h3-6,16-17H,7-14H2,1-2H3,(H,21,24)/t16-/m0/s1. The highest BCUT2D eigenvalue weighted by molar-refractivity contribution is 5.80. The first-order valence-electron chi connectivity index (χ1n) is 9.37. The van der Waals surface area contributed by atoms with E-state index in [0.717, 1.165) is 24.2 Å². The summed E-state index contributed by atoms with van der Waals surface area (Å²) >= 11 is 0. The van der Waals surface area contributed by atoms with Crippen LogP contribution in [0.15, 0.2) is 24.3 Å². The van der Waals surface area contributed by atoms with E-state index < -0.39 is 0 Å². The molecule has 1 aromatic carbocycles. The van der Waals surface area contributed by atoms with Gasteiger partial charge in [0.15, 0.2) is 0 Å². The fourth-order valence-electron chi connectivity index (χ4n) is 3.46. The number of carbonyl (C=O) groups excluding carboxylic acids is 2. The van der Waals surface area contributed by atoms with Gasteiger partial charge in [-0.05, 0) is 43.7 Å². The molecule has 25 heavy (non-hydrogen) atoms. The Balaban J connectivity index is 1.41. The minimum absolute atomic E-state index is 0.110. The van der Waals surface area contributed by atoms with Gasteiger partial charge in [-0.15, -0.1) is 0 Å². The highest BCUT2D eigenvalue weighted by Crippen LogP contribution is 2.32. The van der Waals surface area contributed by atoms with E-state index in [-0.39, 0.29) is 11.8 Å². The normalized spacial score (nSPS) is 19.5. The monoisotopic (exact) mass is 343 g/mol. The summed E-state index contributed by atoms with van der Waals surface area (Å²) in [6, 6.07) is 8.34. The first kappa shape index (κ1) is 17.9. The number of nitrogens with one attached hydrogen (secondary N) is 1. The predicted octanol–water partition coefficient (Wildman–Crippen LogP) is 1.60. The van der Waals surface area contributed by atoms with E-state index in [2.05, 4.69) is 17.1 Å². The molecule has 1 saturated heterocycles. The fourth-order valence-corrected chi connectivity index (χ4v) is 3.46. The van der Waals surface area contributed by atoms with Gasteiger partial charge in [0.25, 0.3) is 0 Å². The highest BCUT2D eigenvalue weighted by atomic mass is 16.2. The molecule has 0 unspecified atom stereocenters. The van der Waals surface area contributed by atoms with Crippen LogP contribution in [0, 0.1) is 12.8 Å². The van der Waals surface area contributed by atoms with Crippen molar-refractivity contribution < 1.29 is 9.59 Å². The molecule has 0 radical (unpaired) electrons. The maximum Gasteiger partial charge on any atom is 0.234 e. The van der Waals surface area contributed by atoms with Crippen molar-refractivity contribution in [1.29, 1.82) is 0 Å². The molecule has 1 atom stereocenters. The number of nitrogens with zero attached hydrogens (tertiary/aromatic N) is 2. The Hall–Kier alpha value is -1.88. The van der Waals surface area contributed by atoms with Gasteiger partial charge in [-0.1, -0.05) is 24.3 Å². The molecular weight excluding hydrogens is 314 g/mol. The Labute approximate surface area is 150 Å². The summed E-state index contributed by atoms with van der Waals surface area (Å²) in [6.45, 7) is 7.53. The van der Waals surface area contributed by atoms with Crippen LogP contribution < -0.4 is 5.32 Å². The van der Waals surface area contributed by atoms with Crippen LogP contribution in [0.25, 0.3) is 0 Å². The first-order valence-corrected chi connectivity index (χ1v) is 9.37. The summed E-state index contributed by atoms with van der Waals surface area (Å²) in [4.78, 5) is 28.7. The van der Waals surface area contributed by atoms with Crippen LogP contribution in [0.1, 0.15) is 30.9 Å². The van der Waals surface area contributed by atoms with Crippen molar-refractivity contribution in [3.05, 3.63) is 35.4 Å². The van der Waals surface area contributed by atoms with E-state index in [0.29, 0.717) is 38.0 Å². The number of amides is 2. The van der Waals surface area contributed by atoms with Crippen molar-refractivity contribution in [2.45, 2.75) is 39.2 Å². The SMILES string of the molecule is Cc1ccccc1CC(=O)N1CCN(CC(=O)N[C@@H](C)C2CC2)CC1. The third-order valence-electron chi connectivity index (χ3n) is 5.41. The van der Waals surface area contributed by atoms with Crippen molar-refractivity contribution in [1.82, 2.24) is 15.1 Å². The smallest absolute Gasteiger partial charge is 0.234 e. The van der Waals surface area contributed by atoms with Crippen LogP contribution in [-0.4, -0.2) is 60.4 Å². The molecule has 1 aliphatic carbocycles. The van der Waals surface area contributed by atoms with E-state index in [1.807, 2.05) is 36.1 Å². The van der Waals surface area contributed by atoms with Crippen LogP contribution >= 0.6 is 0 Å². The van der Waals surface area contributed by atoms with Gasteiger partial charge in [-0.3, -0.25) is 14.5 Å². The topological polar surface area (TPSA) is 52.7 Å². The van der Waals surface area contributed by atoms with Crippen LogP contribution in [0.4, 0.5) is 0 Å². The summed E-state index contributed by atoms with van der Waals surface area (Å²) in [5.41, 5.74) is 2.26. The van der Waals surface area contributed by atoms with E-state index in [9.17, 15) is 9.59 Å². The average molecular weight is 343 g/mol. The number of hydrogen-bond donors (Lipinski definition) is 1. The third kappa shape index (κ3) is 5.05. The molecule has 3 rings (SSSR count). The average Bonchev–Trinajstić information content (AvgIpc) is 3.42. The molecular formula is C20H29N3O2. The Bertz CT molecular complexity index is 619. The summed E-state index contributed by atoms with van der Waals surface area (Å²) in [7, 11) is 0. The Morgan fingerprint density at radius 3 is 2.48 bits per heavy atom. The maximum absolute atomic E-state index is 12.5. The summed E-state index contributed by atoms with van der Waals surface area (Å²) in [6.07, 6.45) is 2.94. The fraction of sp³-hybridized carbons (Fsp3) is 0.600. The number of aryl methyl sites for hydroxylation is 1. The molecule has 1 heterocycles. The van der Waals surface area contributed by atoms with Crippen molar-refractivity contribution >= 4 is 11.8 Å². The molecule has 2 fully saturated rings. The summed E-state index contributed by atoms with van der Waals surface area (Å²) < 4.78 is 0. The van der Waals surface area contributed by atoms with Crippen LogP contribution in [0.3, 0.4) is 0 Å². The minimum Gasteiger partial charge on any atom is -0.352 e. The highest BCUT2D eigenvalue weighted by Gasteiger charge is 2.29. The lowest BCUT2D eigenvalue weighted by molar-refractivity contribution is -0.132. The molecule has 0 bridgehead atoms. The molecule has 1 saturated carbocycles. The molecule has 2 aliphatic rings. The third-order valence-corrected chi connectivity index (χ3v) is 5.41.